The average molecular weight is 226 g/mol. The molecule has 0 aromatic rings. The van der Waals surface area contributed by atoms with Crippen molar-refractivity contribution in [3.05, 3.63) is 0 Å². The zero-order valence-corrected chi connectivity index (χ0v) is 10.7. The summed E-state index contributed by atoms with van der Waals surface area (Å²) in [7, 11) is 0. The van der Waals surface area contributed by atoms with Crippen LogP contribution in [0.1, 0.15) is 46.0 Å². The highest BCUT2D eigenvalue weighted by Crippen LogP contribution is 2.30. The summed E-state index contributed by atoms with van der Waals surface area (Å²) in [4.78, 5) is 11.5. The van der Waals surface area contributed by atoms with Gasteiger partial charge in [0.25, 0.3) is 0 Å². The van der Waals surface area contributed by atoms with Gasteiger partial charge in [0.05, 0.1) is 0 Å². The SMILES string of the molecule is CCC1CCC(CNC(=O)C(C)CN)CC1. The van der Waals surface area contributed by atoms with Crippen molar-refractivity contribution in [2.24, 2.45) is 23.5 Å². The van der Waals surface area contributed by atoms with E-state index in [1.165, 1.54) is 32.1 Å². The molecule has 0 aromatic carbocycles. The molecule has 3 nitrogen and oxygen atoms in total. The van der Waals surface area contributed by atoms with Gasteiger partial charge in [-0.25, -0.2) is 0 Å². The zero-order chi connectivity index (χ0) is 12.0. The maximum absolute atomic E-state index is 11.5. The lowest BCUT2D eigenvalue weighted by atomic mass is 9.81. The predicted octanol–water partition coefficient (Wildman–Crippen LogP) is 1.91. The van der Waals surface area contributed by atoms with Gasteiger partial charge < -0.3 is 11.1 Å². The van der Waals surface area contributed by atoms with E-state index >= 15 is 0 Å². The molecule has 1 rings (SSSR count). The largest absolute Gasteiger partial charge is 0.356 e. The number of hydrogen-bond acceptors (Lipinski definition) is 2. The fraction of sp³-hybridized carbons (Fsp3) is 0.923. The van der Waals surface area contributed by atoms with Gasteiger partial charge in [0.1, 0.15) is 0 Å². The molecule has 0 radical (unpaired) electrons. The maximum atomic E-state index is 11.5. The van der Waals surface area contributed by atoms with Crippen molar-refractivity contribution < 1.29 is 4.79 Å². The van der Waals surface area contributed by atoms with E-state index in [0.29, 0.717) is 12.5 Å². The van der Waals surface area contributed by atoms with Crippen LogP contribution < -0.4 is 11.1 Å². The predicted molar refractivity (Wildman–Crippen MR) is 67.0 cm³/mol. The number of rotatable bonds is 5. The first-order chi connectivity index (χ1) is 7.67. The summed E-state index contributed by atoms with van der Waals surface area (Å²) in [5.41, 5.74) is 5.46. The molecule has 1 amide bonds. The van der Waals surface area contributed by atoms with Crippen molar-refractivity contribution in [3.8, 4) is 0 Å². The monoisotopic (exact) mass is 226 g/mol. The molecule has 1 fully saturated rings. The van der Waals surface area contributed by atoms with Gasteiger partial charge in [-0.1, -0.05) is 33.1 Å². The summed E-state index contributed by atoms with van der Waals surface area (Å²) < 4.78 is 0. The molecule has 0 aliphatic heterocycles. The summed E-state index contributed by atoms with van der Waals surface area (Å²) in [5.74, 6) is 1.68. The van der Waals surface area contributed by atoms with E-state index in [1.807, 2.05) is 6.92 Å². The van der Waals surface area contributed by atoms with Crippen LogP contribution in [0.5, 0.6) is 0 Å². The number of nitrogens with two attached hydrogens (primary N) is 1. The van der Waals surface area contributed by atoms with Gasteiger partial charge >= 0.3 is 0 Å². The van der Waals surface area contributed by atoms with E-state index in [1.54, 1.807) is 0 Å². The summed E-state index contributed by atoms with van der Waals surface area (Å²) in [6.07, 6.45) is 6.53. The Bertz CT molecular complexity index is 210. The van der Waals surface area contributed by atoms with E-state index < -0.39 is 0 Å². The molecule has 3 heteroatoms. The van der Waals surface area contributed by atoms with Gasteiger partial charge in [0, 0.05) is 19.0 Å². The molecule has 94 valence electrons. The minimum Gasteiger partial charge on any atom is -0.356 e. The Labute approximate surface area is 99.2 Å². The summed E-state index contributed by atoms with van der Waals surface area (Å²) >= 11 is 0. The third-order valence-corrected chi connectivity index (χ3v) is 3.91. The Kier molecular flexibility index (Phi) is 5.81. The Morgan fingerprint density at radius 2 is 1.88 bits per heavy atom. The molecule has 0 heterocycles. The highest BCUT2D eigenvalue weighted by Gasteiger charge is 2.20. The molecule has 3 N–H and O–H groups in total. The van der Waals surface area contributed by atoms with Gasteiger partial charge in [-0.2, -0.15) is 0 Å². The highest BCUT2D eigenvalue weighted by molar-refractivity contribution is 5.78. The minimum absolute atomic E-state index is 0.0491. The molecule has 1 saturated carbocycles. The number of carbonyl (C=O) groups is 1. The standard InChI is InChI=1S/C13H26N2O/c1-3-11-4-6-12(7-5-11)9-15-13(16)10(2)8-14/h10-12H,3-9,14H2,1-2H3,(H,15,16). The van der Waals surface area contributed by atoms with E-state index in [9.17, 15) is 4.79 Å². The normalized spacial score (nSPS) is 27.4. The number of hydrogen-bond donors (Lipinski definition) is 2. The molecular weight excluding hydrogens is 200 g/mol. The molecular formula is C13H26N2O. The van der Waals surface area contributed by atoms with Gasteiger partial charge in [0.15, 0.2) is 0 Å². The Morgan fingerprint density at radius 1 is 1.31 bits per heavy atom. The number of nitrogens with one attached hydrogen (secondary N) is 1. The topological polar surface area (TPSA) is 55.1 Å². The average Bonchev–Trinajstić information content (AvgIpc) is 2.35. The third-order valence-electron chi connectivity index (χ3n) is 3.91. The smallest absolute Gasteiger partial charge is 0.224 e. The van der Waals surface area contributed by atoms with Crippen LogP contribution in [0.4, 0.5) is 0 Å². The first kappa shape index (κ1) is 13.5. The summed E-state index contributed by atoms with van der Waals surface area (Å²) in [6.45, 7) is 5.44. The number of amides is 1. The summed E-state index contributed by atoms with van der Waals surface area (Å²) in [6, 6.07) is 0. The van der Waals surface area contributed by atoms with Gasteiger partial charge in [0.2, 0.25) is 5.91 Å². The van der Waals surface area contributed by atoms with Gasteiger partial charge in [-0.05, 0) is 24.7 Å². The molecule has 1 aliphatic carbocycles. The lowest BCUT2D eigenvalue weighted by Crippen LogP contribution is -2.37. The zero-order valence-electron chi connectivity index (χ0n) is 10.7. The lowest BCUT2D eigenvalue weighted by molar-refractivity contribution is -0.124. The van der Waals surface area contributed by atoms with Crippen molar-refractivity contribution in [3.63, 3.8) is 0 Å². The second-order valence-corrected chi connectivity index (χ2v) is 5.18. The molecule has 0 saturated heterocycles. The van der Waals surface area contributed by atoms with Crippen LogP contribution in [0, 0.1) is 17.8 Å². The van der Waals surface area contributed by atoms with Gasteiger partial charge in [-0.3, -0.25) is 4.79 Å². The van der Waals surface area contributed by atoms with Crippen LogP contribution in [0.15, 0.2) is 0 Å². The fourth-order valence-corrected chi connectivity index (χ4v) is 2.37. The van der Waals surface area contributed by atoms with Crippen molar-refractivity contribution >= 4 is 5.91 Å². The second-order valence-electron chi connectivity index (χ2n) is 5.18. The molecule has 0 aromatic heterocycles. The first-order valence-corrected chi connectivity index (χ1v) is 6.65. The Balaban J connectivity index is 2.17. The molecule has 1 atom stereocenters. The van der Waals surface area contributed by atoms with Crippen LogP contribution in [0.2, 0.25) is 0 Å². The number of carbonyl (C=O) groups excluding carboxylic acids is 1. The second kappa shape index (κ2) is 6.89. The molecule has 16 heavy (non-hydrogen) atoms. The van der Waals surface area contributed by atoms with E-state index in [-0.39, 0.29) is 11.8 Å². The van der Waals surface area contributed by atoms with E-state index in [0.717, 1.165) is 12.5 Å². The van der Waals surface area contributed by atoms with Crippen LogP contribution in [-0.4, -0.2) is 19.0 Å². The maximum Gasteiger partial charge on any atom is 0.224 e. The van der Waals surface area contributed by atoms with Crippen LogP contribution in [-0.2, 0) is 4.79 Å². The Hall–Kier alpha value is -0.570. The minimum atomic E-state index is -0.0491. The summed E-state index contributed by atoms with van der Waals surface area (Å²) in [5, 5.41) is 3.02. The Morgan fingerprint density at radius 3 is 2.38 bits per heavy atom. The van der Waals surface area contributed by atoms with Crippen molar-refractivity contribution in [1.82, 2.24) is 5.32 Å². The molecule has 0 spiro atoms. The van der Waals surface area contributed by atoms with Crippen molar-refractivity contribution in [2.75, 3.05) is 13.1 Å². The quantitative estimate of drug-likeness (QED) is 0.752. The van der Waals surface area contributed by atoms with Crippen LogP contribution in [0.3, 0.4) is 0 Å². The molecule has 1 unspecified atom stereocenters. The fourth-order valence-electron chi connectivity index (χ4n) is 2.37. The van der Waals surface area contributed by atoms with Crippen molar-refractivity contribution in [1.29, 1.82) is 0 Å². The van der Waals surface area contributed by atoms with Gasteiger partial charge in [-0.15, -0.1) is 0 Å². The van der Waals surface area contributed by atoms with Crippen LogP contribution in [0.25, 0.3) is 0 Å². The van der Waals surface area contributed by atoms with Crippen LogP contribution >= 0.6 is 0 Å². The van der Waals surface area contributed by atoms with E-state index in [2.05, 4.69) is 12.2 Å². The molecule has 0 bridgehead atoms. The lowest BCUT2D eigenvalue weighted by Gasteiger charge is -2.28. The third kappa shape index (κ3) is 4.12. The highest BCUT2D eigenvalue weighted by atomic mass is 16.1. The molecule has 1 aliphatic rings. The van der Waals surface area contributed by atoms with E-state index in [4.69, 9.17) is 5.73 Å². The first-order valence-electron chi connectivity index (χ1n) is 6.65. The van der Waals surface area contributed by atoms with Crippen molar-refractivity contribution in [2.45, 2.75) is 46.0 Å².